The molecule has 0 fully saturated rings. The number of nitro benzene ring substituents is 2. The normalized spacial score (nSPS) is 11.9. The van der Waals surface area contributed by atoms with E-state index in [4.69, 9.17) is 0 Å². The van der Waals surface area contributed by atoms with Crippen LogP contribution in [0.3, 0.4) is 0 Å². The molecule has 0 aliphatic carbocycles. The highest BCUT2D eigenvalue weighted by atomic mass is 16.6. The van der Waals surface area contributed by atoms with Gasteiger partial charge in [-0.2, -0.15) is 0 Å². The highest BCUT2D eigenvalue weighted by Gasteiger charge is 2.19. The minimum atomic E-state index is -0.653. The van der Waals surface area contributed by atoms with Crippen molar-refractivity contribution in [2.45, 2.75) is 26.3 Å². The Morgan fingerprint density at radius 1 is 1.29 bits per heavy atom. The lowest BCUT2D eigenvalue weighted by Gasteiger charge is -2.12. The van der Waals surface area contributed by atoms with E-state index in [1.165, 1.54) is 12.1 Å². The van der Waals surface area contributed by atoms with Crippen LogP contribution in [0, 0.1) is 20.2 Å². The summed E-state index contributed by atoms with van der Waals surface area (Å²) in [6.45, 7) is 3.82. The van der Waals surface area contributed by atoms with E-state index in [2.05, 4.69) is 5.32 Å². The van der Waals surface area contributed by atoms with Gasteiger partial charge in [0.2, 0.25) is 0 Å². The van der Waals surface area contributed by atoms with Gasteiger partial charge in [-0.1, -0.05) is 6.92 Å². The first-order valence-corrected chi connectivity index (χ1v) is 5.15. The molecule has 1 atom stereocenters. The molecule has 0 aliphatic heterocycles. The molecule has 0 unspecified atom stereocenters. The van der Waals surface area contributed by atoms with Crippen molar-refractivity contribution >= 4 is 17.1 Å². The van der Waals surface area contributed by atoms with E-state index >= 15 is 0 Å². The van der Waals surface area contributed by atoms with Gasteiger partial charge in [0.15, 0.2) is 0 Å². The highest BCUT2D eigenvalue weighted by Crippen LogP contribution is 2.29. The summed E-state index contributed by atoms with van der Waals surface area (Å²) in [5, 5.41) is 24.3. The predicted octanol–water partition coefficient (Wildman–Crippen LogP) is 2.71. The van der Waals surface area contributed by atoms with Gasteiger partial charge in [-0.3, -0.25) is 20.2 Å². The fraction of sp³-hybridized carbons (Fsp3) is 0.400. The molecule has 7 heteroatoms. The molecule has 0 saturated carbocycles. The number of rotatable bonds is 5. The number of anilines is 1. The van der Waals surface area contributed by atoms with E-state index in [9.17, 15) is 20.2 Å². The van der Waals surface area contributed by atoms with Crippen LogP contribution in [0.1, 0.15) is 20.3 Å². The standard InChI is InChI=1S/C10H13N3O4/c1-3-7(2)11-9-5-4-8(12(14)15)6-10(9)13(16)17/h4-7,11H,3H2,1-2H3/t7-/m1/s1. The highest BCUT2D eigenvalue weighted by molar-refractivity contribution is 5.65. The van der Waals surface area contributed by atoms with Gasteiger partial charge in [0, 0.05) is 12.1 Å². The van der Waals surface area contributed by atoms with Crippen LogP contribution in [0.15, 0.2) is 18.2 Å². The number of benzene rings is 1. The minimum absolute atomic E-state index is 0.0650. The van der Waals surface area contributed by atoms with E-state index in [-0.39, 0.29) is 17.4 Å². The number of hydrogen-bond donors (Lipinski definition) is 1. The van der Waals surface area contributed by atoms with Gasteiger partial charge in [0.25, 0.3) is 11.4 Å². The van der Waals surface area contributed by atoms with Crippen LogP contribution >= 0.6 is 0 Å². The van der Waals surface area contributed by atoms with E-state index in [1.807, 2.05) is 13.8 Å². The molecule has 0 heterocycles. The molecule has 7 nitrogen and oxygen atoms in total. The van der Waals surface area contributed by atoms with E-state index in [1.54, 1.807) is 0 Å². The molecule has 1 aromatic rings. The maximum absolute atomic E-state index is 10.8. The smallest absolute Gasteiger partial charge is 0.299 e. The first-order chi connectivity index (χ1) is 7.95. The Kier molecular flexibility index (Phi) is 3.97. The molecule has 92 valence electrons. The maximum Gasteiger partial charge on any atom is 0.299 e. The summed E-state index contributed by atoms with van der Waals surface area (Å²) >= 11 is 0. The third-order valence-corrected chi connectivity index (χ3v) is 2.40. The second kappa shape index (κ2) is 5.24. The van der Waals surface area contributed by atoms with Gasteiger partial charge in [0.1, 0.15) is 5.69 Å². The second-order valence-corrected chi connectivity index (χ2v) is 3.67. The molecule has 1 N–H and O–H groups in total. The molecular weight excluding hydrogens is 226 g/mol. The van der Waals surface area contributed by atoms with E-state index < -0.39 is 9.85 Å². The number of non-ortho nitro benzene ring substituents is 1. The maximum atomic E-state index is 10.8. The molecule has 0 bridgehead atoms. The zero-order valence-corrected chi connectivity index (χ0v) is 9.54. The third-order valence-electron chi connectivity index (χ3n) is 2.40. The SMILES string of the molecule is CC[C@@H](C)Nc1ccc([N+](=O)[O-])cc1[N+](=O)[O-]. The third kappa shape index (κ3) is 3.13. The van der Waals surface area contributed by atoms with Crippen LogP contribution in [0.2, 0.25) is 0 Å². The van der Waals surface area contributed by atoms with Crippen molar-refractivity contribution in [3.63, 3.8) is 0 Å². The Balaban J connectivity index is 3.13. The van der Waals surface area contributed by atoms with Crippen LogP contribution in [0.4, 0.5) is 17.1 Å². The molecule has 0 aromatic heterocycles. The molecule has 1 rings (SSSR count). The molecule has 0 spiro atoms. The van der Waals surface area contributed by atoms with Crippen LogP contribution in [-0.2, 0) is 0 Å². The molecule has 0 aliphatic rings. The van der Waals surface area contributed by atoms with Crippen LogP contribution in [-0.4, -0.2) is 15.9 Å². The minimum Gasteiger partial charge on any atom is -0.377 e. The van der Waals surface area contributed by atoms with Crippen LogP contribution in [0.5, 0.6) is 0 Å². The Labute approximate surface area is 97.7 Å². The molecule has 17 heavy (non-hydrogen) atoms. The average molecular weight is 239 g/mol. The fourth-order valence-corrected chi connectivity index (χ4v) is 1.27. The molecular formula is C10H13N3O4. The lowest BCUT2D eigenvalue weighted by Crippen LogP contribution is -2.14. The number of nitrogens with zero attached hydrogens (tertiary/aromatic N) is 2. The van der Waals surface area contributed by atoms with Gasteiger partial charge in [0.05, 0.1) is 15.9 Å². The monoisotopic (exact) mass is 239 g/mol. The summed E-state index contributed by atoms with van der Waals surface area (Å²) in [6, 6.07) is 3.64. The molecule has 1 aromatic carbocycles. The molecule has 0 amide bonds. The summed E-state index contributed by atoms with van der Waals surface area (Å²) in [5.74, 6) is 0. The summed E-state index contributed by atoms with van der Waals surface area (Å²) in [6.07, 6.45) is 0.800. The lowest BCUT2D eigenvalue weighted by molar-refractivity contribution is -0.393. The van der Waals surface area contributed by atoms with Crippen molar-refractivity contribution in [3.8, 4) is 0 Å². The molecule has 0 radical (unpaired) electrons. The van der Waals surface area contributed by atoms with Gasteiger partial charge >= 0.3 is 0 Å². The zero-order chi connectivity index (χ0) is 13.0. The summed E-state index contributed by atoms with van der Waals surface area (Å²) in [5.41, 5.74) is -0.263. The Morgan fingerprint density at radius 3 is 2.41 bits per heavy atom. The number of nitrogens with one attached hydrogen (secondary N) is 1. The zero-order valence-electron chi connectivity index (χ0n) is 9.54. The van der Waals surface area contributed by atoms with Gasteiger partial charge < -0.3 is 5.32 Å². The van der Waals surface area contributed by atoms with E-state index in [0.29, 0.717) is 5.69 Å². The first kappa shape index (κ1) is 12.9. The van der Waals surface area contributed by atoms with Crippen molar-refractivity contribution in [2.75, 3.05) is 5.32 Å². The molecule has 0 saturated heterocycles. The average Bonchev–Trinajstić information content (AvgIpc) is 2.28. The van der Waals surface area contributed by atoms with Crippen molar-refractivity contribution in [3.05, 3.63) is 38.4 Å². The van der Waals surface area contributed by atoms with Crippen LogP contribution in [0.25, 0.3) is 0 Å². The Bertz CT molecular complexity index is 447. The number of nitro groups is 2. The Hall–Kier alpha value is -2.18. The van der Waals surface area contributed by atoms with Crippen molar-refractivity contribution in [1.29, 1.82) is 0 Å². The fourth-order valence-electron chi connectivity index (χ4n) is 1.27. The van der Waals surface area contributed by atoms with Gasteiger partial charge in [-0.25, -0.2) is 0 Å². The Morgan fingerprint density at radius 2 is 1.94 bits per heavy atom. The number of hydrogen-bond acceptors (Lipinski definition) is 5. The summed E-state index contributed by atoms with van der Waals surface area (Å²) in [7, 11) is 0. The van der Waals surface area contributed by atoms with Gasteiger partial charge in [-0.15, -0.1) is 0 Å². The predicted molar refractivity (Wildman–Crippen MR) is 63.1 cm³/mol. The summed E-state index contributed by atoms with van der Waals surface area (Å²) in [4.78, 5) is 20.1. The second-order valence-electron chi connectivity index (χ2n) is 3.67. The van der Waals surface area contributed by atoms with Crippen molar-refractivity contribution in [1.82, 2.24) is 0 Å². The van der Waals surface area contributed by atoms with E-state index in [0.717, 1.165) is 12.5 Å². The topological polar surface area (TPSA) is 98.3 Å². The van der Waals surface area contributed by atoms with Crippen molar-refractivity contribution in [2.24, 2.45) is 0 Å². The van der Waals surface area contributed by atoms with Crippen LogP contribution < -0.4 is 5.32 Å². The largest absolute Gasteiger partial charge is 0.377 e. The summed E-state index contributed by atoms with van der Waals surface area (Å²) < 4.78 is 0. The quantitative estimate of drug-likeness (QED) is 0.629. The van der Waals surface area contributed by atoms with Gasteiger partial charge in [-0.05, 0) is 19.4 Å². The first-order valence-electron chi connectivity index (χ1n) is 5.15. The van der Waals surface area contributed by atoms with Crippen molar-refractivity contribution < 1.29 is 9.85 Å². The lowest BCUT2D eigenvalue weighted by atomic mass is 10.2.